The fourth-order valence-electron chi connectivity index (χ4n) is 8.27. The molecule has 8 atom stereocenters. The zero-order chi connectivity index (χ0) is 30.2. The van der Waals surface area contributed by atoms with Crippen LogP contribution in [0.3, 0.4) is 0 Å². The largest absolute Gasteiger partial charge is 0.480 e. The molecule has 0 unspecified atom stereocenters. The molecular formula is C31H45N3O7. The van der Waals surface area contributed by atoms with Gasteiger partial charge in [0.2, 0.25) is 5.91 Å². The van der Waals surface area contributed by atoms with Crippen LogP contribution < -0.4 is 10.6 Å². The average molecular weight is 572 g/mol. The summed E-state index contributed by atoms with van der Waals surface area (Å²) in [5.41, 5.74) is 1.01. The molecule has 3 saturated carbocycles. The van der Waals surface area contributed by atoms with E-state index in [0.29, 0.717) is 24.2 Å². The quantitative estimate of drug-likeness (QED) is 0.210. The first-order valence-corrected chi connectivity index (χ1v) is 14.8. The van der Waals surface area contributed by atoms with Gasteiger partial charge >= 0.3 is 5.97 Å². The molecule has 2 amide bonds. The standard InChI is InChI=1S/C31H45N3O7/c1-6-31(40)14-11-23-21-8-7-19-15-20(9-12-29(19,4)22(21)10-13-30(23,31)5)34-41-17-25(36)33-26(18(2)3)27(37)32-24(16-35)28(38)39/h1,15,18,21-24,26,35,40H,7-14,16-17H2,2-5H3,(H,32,37)(H,33,36)(H,38,39)/t21-,22+,23-,24-,26+,29+,30+,31-/m1/s1. The number of carbonyl (C=O) groups is 3. The van der Waals surface area contributed by atoms with E-state index >= 15 is 0 Å². The molecule has 10 nitrogen and oxygen atoms in total. The third kappa shape index (κ3) is 5.63. The predicted octanol–water partition coefficient (Wildman–Crippen LogP) is 2.39. The highest BCUT2D eigenvalue weighted by molar-refractivity contribution is 5.96. The maximum Gasteiger partial charge on any atom is 0.328 e. The van der Waals surface area contributed by atoms with Gasteiger partial charge in [0.1, 0.15) is 17.7 Å². The molecule has 0 heterocycles. The van der Waals surface area contributed by atoms with Crippen LogP contribution in [0, 0.1) is 46.8 Å². The van der Waals surface area contributed by atoms with Gasteiger partial charge in [0.05, 0.1) is 12.3 Å². The Labute approximate surface area is 242 Å². The lowest BCUT2D eigenvalue weighted by molar-refractivity contribution is -0.143. The van der Waals surface area contributed by atoms with Crippen molar-refractivity contribution in [2.75, 3.05) is 13.2 Å². The van der Waals surface area contributed by atoms with Crippen LogP contribution in [0.2, 0.25) is 0 Å². The number of terminal acetylenes is 1. The van der Waals surface area contributed by atoms with E-state index < -0.39 is 42.1 Å². The molecule has 5 N–H and O–H groups in total. The molecule has 0 aromatic heterocycles. The number of carboxylic acids is 1. The number of aliphatic carboxylic acids is 1. The van der Waals surface area contributed by atoms with Gasteiger partial charge in [0.25, 0.3) is 5.91 Å². The van der Waals surface area contributed by atoms with Gasteiger partial charge in [0, 0.05) is 5.41 Å². The fraction of sp³-hybridized carbons (Fsp3) is 0.742. The summed E-state index contributed by atoms with van der Waals surface area (Å²) in [4.78, 5) is 41.5. The molecule has 10 heteroatoms. The van der Waals surface area contributed by atoms with Crippen molar-refractivity contribution in [2.24, 2.45) is 39.7 Å². The Kier molecular flexibility index (Phi) is 8.91. The zero-order valence-electron chi connectivity index (χ0n) is 24.6. The van der Waals surface area contributed by atoms with Crippen molar-refractivity contribution in [3.8, 4) is 12.3 Å². The summed E-state index contributed by atoms with van der Waals surface area (Å²) in [5, 5.41) is 38.5. The van der Waals surface area contributed by atoms with Gasteiger partial charge in [-0.15, -0.1) is 6.42 Å². The van der Waals surface area contributed by atoms with Crippen molar-refractivity contribution in [3.63, 3.8) is 0 Å². The van der Waals surface area contributed by atoms with Gasteiger partial charge in [-0.3, -0.25) is 9.59 Å². The number of oxime groups is 1. The molecule has 41 heavy (non-hydrogen) atoms. The van der Waals surface area contributed by atoms with Gasteiger partial charge in [-0.05, 0) is 86.5 Å². The first-order valence-electron chi connectivity index (χ1n) is 14.8. The molecule has 0 spiro atoms. The molecule has 226 valence electrons. The molecule has 0 aromatic rings. The molecule has 4 rings (SSSR count). The molecule has 4 aliphatic rings. The molecular weight excluding hydrogens is 526 g/mol. The van der Waals surface area contributed by atoms with E-state index in [1.807, 2.05) is 0 Å². The van der Waals surface area contributed by atoms with Crippen LogP contribution in [0.15, 0.2) is 16.8 Å². The van der Waals surface area contributed by atoms with Crippen molar-refractivity contribution < 1.29 is 34.5 Å². The first-order chi connectivity index (χ1) is 19.3. The second-order valence-corrected chi connectivity index (χ2v) is 13.2. The normalized spacial score (nSPS) is 36.6. The van der Waals surface area contributed by atoms with Gasteiger partial charge in [0.15, 0.2) is 6.61 Å². The number of hydrogen-bond donors (Lipinski definition) is 5. The van der Waals surface area contributed by atoms with E-state index in [-0.39, 0.29) is 23.4 Å². The second-order valence-electron chi connectivity index (χ2n) is 13.2. The molecule has 0 radical (unpaired) electrons. The number of fused-ring (bicyclic) bond motifs is 5. The second kappa shape index (κ2) is 11.8. The Morgan fingerprint density at radius 2 is 1.83 bits per heavy atom. The number of aliphatic hydroxyl groups excluding tert-OH is 1. The highest BCUT2D eigenvalue weighted by Gasteiger charge is 2.63. The number of rotatable bonds is 9. The number of carboxylic acid groups (broad SMARTS) is 1. The zero-order valence-corrected chi connectivity index (χ0v) is 24.6. The minimum atomic E-state index is -1.45. The summed E-state index contributed by atoms with van der Waals surface area (Å²) in [6, 6.07) is -2.44. The van der Waals surface area contributed by atoms with Crippen LogP contribution in [0.4, 0.5) is 0 Å². The highest BCUT2D eigenvalue weighted by atomic mass is 16.6. The third-order valence-electron chi connectivity index (χ3n) is 10.8. The van der Waals surface area contributed by atoms with Crippen LogP contribution in [0.1, 0.15) is 79.1 Å². The summed E-state index contributed by atoms with van der Waals surface area (Å²) >= 11 is 0. The summed E-state index contributed by atoms with van der Waals surface area (Å²) in [6.07, 6.45) is 15.3. The minimum absolute atomic E-state index is 0.0672. The number of nitrogens with one attached hydrogen (secondary N) is 2. The van der Waals surface area contributed by atoms with Crippen LogP contribution in [0.25, 0.3) is 0 Å². The molecule has 4 aliphatic carbocycles. The number of nitrogens with zero attached hydrogens (tertiary/aromatic N) is 1. The van der Waals surface area contributed by atoms with Crippen LogP contribution in [-0.4, -0.2) is 69.7 Å². The van der Waals surface area contributed by atoms with Crippen molar-refractivity contribution >= 4 is 23.5 Å². The predicted molar refractivity (Wildman–Crippen MR) is 152 cm³/mol. The Morgan fingerprint density at radius 1 is 1.12 bits per heavy atom. The third-order valence-corrected chi connectivity index (χ3v) is 10.8. The molecule has 0 aromatic carbocycles. The minimum Gasteiger partial charge on any atom is -0.480 e. The number of aliphatic hydroxyl groups is 2. The van der Waals surface area contributed by atoms with Crippen LogP contribution in [0.5, 0.6) is 0 Å². The van der Waals surface area contributed by atoms with Crippen LogP contribution in [-0.2, 0) is 19.2 Å². The monoisotopic (exact) mass is 571 g/mol. The highest BCUT2D eigenvalue weighted by Crippen LogP contribution is 2.67. The SMILES string of the molecule is C#C[C@@]1(O)CC[C@@H]2[C@@H]3CCC4=CC(=NOCC(=O)N[C@H](C(=O)N[C@H](CO)C(=O)O)C(C)C)CC[C@]4(C)[C@H]3CC[C@@]21C. The van der Waals surface area contributed by atoms with Crippen molar-refractivity contribution in [1.29, 1.82) is 0 Å². The van der Waals surface area contributed by atoms with Gasteiger partial charge in [-0.1, -0.05) is 44.3 Å². The lowest BCUT2D eigenvalue weighted by Crippen LogP contribution is -2.55. The average Bonchev–Trinajstić information content (AvgIpc) is 3.20. The summed E-state index contributed by atoms with van der Waals surface area (Å²) < 4.78 is 0. The van der Waals surface area contributed by atoms with E-state index in [4.69, 9.17) is 21.5 Å². The fourth-order valence-corrected chi connectivity index (χ4v) is 8.27. The van der Waals surface area contributed by atoms with E-state index in [1.54, 1.807) is 13.8 Å². The molecule has 0 aliphatic heterocycles. The Morgan fingerprint density at radius 3 is 2.46 bits per heavy atom. The van der Waals surface area contributed by atoms with E-state index in [0.717, 1.165) is 50.7 Å². The maximum atomic E-state index is 12.5. The van der Waals surface area contributed by atoms with Gasteiger partial charge < -0.3 is 30.8 Å². The topological polar surface area (TPSA) is 158 Å². The Balaban J connectivity index is 1.36. The van der Waals surface area contributed by atoms with Gasteiger partial charge in [-0.2, -0.15) is 0 Å². The first kappa shape index (κ1) is 31.0. The van der Waals surface area contributed by atoms with Crippen molar-refractivity contribution in [1.82, 2.24) is 10.6 Å². The summed E-state index contributed by atoms with van der Waals surface area (Å²) in [7, 11) is 0. The molecule has 0 bridgehead atoms. The lowest BCUT2D eigenvalue weighted by Gasteiger charge is -2.58. The van der Waals surface area contributed by atoms with E-state index in [2.05, 4.69) is 41.6 Å². The smallest absolute Gasteiger partial charge is 0.328 e. The number of carbonyl (C=O) groups excluding carboxylic acids is 2. The number of amides is 2. The summed E-state index contributed by atoms with van der Waals surface area (Å²) in [5.74, 6) is 1.33. The van der Waals surface area contributed by atoms with Crippen molar-refractivity contribution in [3.05, 3.63) is 11.6 Å². The van der Waals surface area contributed by atoms with Gasteiger partial charge in [-0.25, -0.2) is 4.79 Å². The van der Waals surface area contributed by atoms with E-state index in [1.165, 1.54) is 5.57 Å². The Bertz CT molecular complexity index is 1160. The van der Waals surface area contributed by atoms with E-state index in [9.17, 15) is 19.5 Å². The summed E-state index contributed by atoms with van der Waals surface area (Å²) in [6.45, 7) is 6.86. The van der Waals surface area contributed by atoms with Crippen LogP contribution >= 0.6 is 0 Å². The molecule has 0 saturated heterocycles. The Hall–Kier alpha value is -2.90. The number of allylic oxidation sites excluding steroid dienone is 2. The number of hydrogen-bond acceptors (Lipinski definition) is 7. The lowest BCUT2D eigenvalue weighted by atomic mass is 9.46. The molecule has 3 fully saturated rings. The van der Waals surface area contributed by atoms with Crippen molar-refractivity contribution in [2.45, 2.75) is 96.7 Å². The maximum absolute atomic E-state index is 12.5.